The fourth-order valence-electron chi connectivity index (χ4n) is 1.51. The molecule has 0 saturated heterocycles. The Morgan fingerprint density at radius 1 is 1.11 bits per heavy atom. The number of alkyl halides is 3. The predicted molar refractivity (Wildman–Crippen MR) is 67.6 cm³/mol. The molecule has 0 aliphatic rings. The minimum absolute atomic E-state index is 0.0458. The quantitative estimate of drug-likeness (QED) is 0.680. The first kappa shape index (κ1) is 17.7. The molecule has 1 N–H and O–H groups in total. The van der Waals surface area contributed by atoms with Gasteiger partial charge < -0.3 is 10.1 Å². The summed E-state index contributed by atoms with van der Waals surface area (Å²) in [5.41, 5.74) is -0.0458. The van der Waals surface area contributed by atoms with Crippen LogP contribution in [0.4, 0.5) is 13.2 Å². The molecule has 1 atom stereocenters. The number of nitrogens with one attached hydrogen (secondary N) is 1. The molecule has 0 aromatic rings. The fourth-order valence-corrected chi connectivity index (χ4v) is 1.51. The molecule has 0 fully saturated rings. The zero-order valence-corrected chi connectivity index (χ0v) is 12.0. The van der Waals surface area contributed by atoms with Gasteiger partial charge in [-0.2, -0.15) is 13.2 Å². The molecule has 0 bridgehead atoms. The minimum atomic E-state index is -4.23. The largest absolute Gasteiger partial charge is 0.411 e. The first-order chi connectivity index (χ1) is 8.07. The maximum absolute atomic E-state index is 12.0. The monoisotopic (exact) mass is 269 g/mol. The summed E-state index contributed by atoms with van der Waals surface area (Å²) < 4.78 is 40.5. The fraction of sp³-hybridized carbons (Fsp3) is 1.00. The lowest BCUT2D eigenvalue weighted by Crippen LogP contribution is -2.40. The van der Waals surface area contributed by atoms with E-state index < -0.39 is 12.8 Å². The molecule has 1 unspecified atom stereocenters. The highest BCUT2D eigenvalue weighted by atomic mass is 19.4. The van der Waals surface area contributed by atoms with Gasteiger partial charge in [-0.15, -0.1) is 0 Å². The third-order valence-electron chi connectivity index (χ3n) is 3.39. The summed E-state index contributed by atoms with van der Waals surface area (Å²) >= 11 is 0. The smallest absolute Gasteiger partial charge is 0.372 e. The zero-order valence-electron chi connectivity index (χ0n) is 12.0. The van der Waals surface area contributed by atoms with Crippen LogP contribution in [-0.4, -0.2) is 32.0 Å². The van der Waals surface area contributed by atoms with E-state index in [1.54, 1.807) is 0 Å². The molecule has 0 aliphatic heterocycles. The van der Waals surface area contributed by atoms with E-state index in [2.05, 4.69) is 39.9 Å². The molecule has 5 heteroatoms. The standard InChI is InChI=1S/C13H26F3NO/c1-10(2)12(5,8-17-11(3)4)6-7-18-9-13(14,15)16/h10-11,17H,6-9H2,1-5H3. The molecule has 0 radical (unpaired) electrons. The van der Waals surface area contributed by atoms with E-state index in [1.165, 1.54) is 0 Å². The average Bonchev–Trinajstić information content (AvgIpc) is 2.20. The van der Waals surface area contributed by atoms with Crippen molar-refractivity contribution in [3.05, 3.63) is 0 Å². The highest BCUT2D eigenvalue weighted by Gasteiger charge is 2.30. The molecule has 0 aliphatic carbocycles. The van der Waals surface area contributed by atoms with Crippen molar-refractivity contribution in [2.24, 2.45) is 11.3 Å². The van der Waals surface area contributed by atoms with E-state index in [-0.39, 0.29) is 12.0 Å². The lowest BCUT2D eigenvalue weighted by molar-refractivity contribution is -0.175. The lowest BCUT2D eigenvalue weighted by Gasteiger charge is -2.35. The van der Waals surface area contributed by atoms with Crippen molar-refractivity contribution in [2.45, 2.75) is 53.3 Å². The second kappa shape index (κ2) is 7.34. The van der Waals surface area contributed by atoms with E-state index in [1.807, 2.05) is 0 Å². The summed E-state index contributed by atoms with van der Waals surface area (Å²) in [5.74, 6) is 0.387. The van der Waals surface area contributed by atoms with Gasteiger partial charge in [0.25, 0.3) is 0 Å². The molecule has 0 heterocycles. The van der Waals surface area contributed by atoms with Crippen LogP contribution in [0.1, 0.15) is 41.0 Å². The van der Waals surface area contributed by atoms with Crippen molar-refractivity contribution < 1.29 is 17.9 Å². The summed E-state index contributed by atoms with van der Waals surface area (Å²) in [6.45, 7) is 10.2. The Hall–Kier alpha value is -0.290. The number of halogens is 3. The highest BCUT2D eigenvalue weighted by Crippen LogP contribution is 2.30. The zero-order chi connectivity index (χ0) is 14.4. The first-order valence-electron chi connectivity index (χ1n) is 6.45. The first-order valence-corrected chi connectivity index (χ1v) is 6.45. The van der Waals surface area contributed by atoms with Gasteiger partial charge in [-0.3, -0.25) is 0 Å². The Morgan fingerprint density at radius 2 is 1.67 bits per heavy atom. The van der Waals surface area contributed by atoms with Crippen LogP contribution >= 0.6 is 0 Å². The van der Waals surface area contributed by atoms with Crippen molar-refractivity contribution >= 4 is 0 Å². The highest BCUT2D eigenvalue weighted by molar-refractivity contribution is 4.80. The van der Waals surface area contributed by atoms with Gasteiger partial charge in [-0.05, 0) is 17.8 Å². The third-order valence-corrected chi connectivity index (χ3v) is 3.39. The van der Waals surface area contributed by atoms with Gasteiger partial charge in [0.05, 0.1) is 0 Å². The minimum Gasteiger partial charge on any atom is -0.372 e. The van der Waals surface area contributed by atoms with Crippen LogP contribution in [0, 0.1) is 11.3 Å². The number of hydrogen-bond donors (Lipinski definition) is 1. The summed E-state index contributed by atoms with van der Waals surface area (Å²) in [7, 11) is 0. The van der Waals surface area contributed by atoms with Gasteiger partial charge in [-0.25, -0.2) is 0 Å². The van der Waals surface area contributed by atoms with Gasteiger partial charge in [0.15, 0.2) is 0 Å². The maximum atomic E-state index is 12.0. The van der Waals surface area contributed by atoms with Crippen molar-refractivity contribution in [3.8, 4) is 0 Å². The van der Waals surface area contributed by atoms with E-state index in [4.69, 9.17) is 4.74 Å². The molecule has 0 saturated carbocycles. The SMILES string of the molecule is CC(C)NCC(C)(CCOCC(F)(F)F)C(C)C. The van der Waals surface area contributed by atoms with Gasteiger partial charge in [-0.1, -0.05) is 34.6 Å². The molecule has 0 amide bonds. The topological polar surface area (TPSA) is 21.3 Å². The molecule has 0 aromatic heterocycles. The summed E-state index contributed by atoms with van der Waals surface area (Å²) in [5, 5.41) is 3.35. The van der Waals surface area contributed by atoms with Crippen LogP contribution in [-0.2, 0) is 4.74 Å². The van der Waals surface area contributed by atoms with Crippen LogP contribution in [0.5, 0.6) is 0 Å². The molecule has 0 rings (SSSR count). The third kappa shape index (κ3) is 7.93. The normalized spacial score (nSPS) is 16.3. The van der Waals surface area contributed by atoms with Crippen LogP contribution in [0.15, 0.2) is 0 Å². The second-order valence-corrected chi connectivity index (χ2v) is 5.76. The van der Waals surface area contributed by atoms with Gasteiger partial charge in [0.2, 0.25) is 0 Å². The Morgan fingerprint density at radius 3 is 2.06 bits per heavy atom. The molecule has 0 spiro atoms. The van der Waals surface area contributed by atoms with Crippen LogP contribution in [0.25, 0.3) is 0 Å². The number of rotatable bonds is 8. The summed E-state index contributed by atoms with van der Waals surface area (Å²) in [6, 6.07) is 0.374. The van der Waals surface area contributed by atoms with Gasteiger partial charge >= 0.3 is 6.18 Å². The van der Waals surface area contributed by atoms with Crippen molar-refractivity contribution in [2.75, 3.05) is 19.8 Å². The number of ether oxygens (including phenoxy) is 1. The Labute approximate surface area is 108 Å². The molecular weight excluding hydrogens is 243 g/mol. The van der Waals surface area contributed by atoms with E-state index in [9.17, 15) is 13.2 Å². The second-order valence-electron chi connectivity index (χ2n) is 5.76. The Balaban J connectivity index is 4.11. The molecular formula is C13H26F3NO. The van der Waals surface area contributed by atoms with E-state index in [0.717, 1.165) is 6.54 Å². The maximum Gasteiger partial charge on any atom is 0.411 e. The average molecular weight is 269 g/mol. The van der Waals surface area contributed by atoms with Crippen LogP contribution in [0.2, 0.25) is 0 Å². The van der Waals surface area contributed by atoms with Crippen LogP contribution < -0.4 is 5.32 Å². The molecule has 0 aromatic carbocycles. The molecule has 2 nitrogen and oxygen atoms in total. The van der Waals surface area contributed by atoms with E-state index in [0.29, 0.717) is 18.4 Å². The molecule has 110 valence electrons. The number of hydrogen-bond acceptors (Lipinski definition) is 2. The van der Waals surface area contributed by atoms with Crippen molar-refractivity contribution in [1.82, 2.24) is 5.32 Å². The Bertz CT molecular complexity index is 229. The Kier molecular flexibility index (Phi) is 7.22. The van der Waals surface area contributed by atoms with Gasteiger partial charge in [0.1, 0.15) is 6.61 Å². The van der Waals surface area contributed by atoms with Crippen LogP contribution in [0.3, 0.4) is 0 Å². The predicted octanol–water partition coefficient (Wildman–Crippen LogP) is 3.62. The summed E-state index contributed by atoms with van der Waals surface area (Å²) in [4.78, 5) is 0. The van der Waals surface area contributed by atoms with E-state index >= 15 is 0 Å². The lowest BCUT2D eigenvalue weighted by atomic mass is 9.76. The summed E-state index contributed by atoms with van der Waals surface area (Å²) in [6.07, 6.45) is -3.61. The molecule has 18 heavy (non-hydrogen) atoms. The van der Waals surface area contributed by atoms with Gasteiger partial charge in [0, 0.05) is 19.2 Å². The van der Waals surface area contributed by atoms with Crippen molar-refractivity contribution in [3.63, 3.8) is 0 Å². The van der Waals surface area contributed by atoms with Crippen molar-refractivity contribution in [1.29, 1.82) is 0 Å².